The first-order valence-electron chi connectivity index (χ1n) is 6.97. The number of aromatic nitrogens is 1. The smallest absolute Gasteiger partial charge is 0.219 e. The highest BCUT2D eigenvalue weighted by Gasteiger charge is 2.11. The summed E-state index contributed by atoms with van der Waals surface area (Å²) in [6.07, 6.45) is 0. The summed E-state index contributed by atoms with van der Waals surface area (Å²) in [4.78, 5) is 4.35. The minimum absolute atomic E-state index is 0.0312. The summed E-state index contributed by atoms with van der Waals surface area (Å²) in [6.45, 7) is 7.98. The van der Waals surface area contributed by atoms with Crippen molar-refractivity contribution in [2.75, 3.05) is 0 Å². The Labute approximate surface area is 130 Å². The standard InChI is InChI=1S/C17H20ClNO2/c1-10(2)14-8-16(11(3)5-15(14)18)21-17-7-13(9-20)6-12(4)19-17/h5-8,10,20H,9H2,1-4H3. The molecule has 0 saturated heterocycles. The lowest BCUT2D eigenvalue weighted by Gasteiger charge is -2.14. The van der Waals surface area contributed by atoms with Gasteiger partial charge in [0.1, 0.15) is 5.75 Å². The highest BCUT2D eigenvalue weighted by Crippen LogP contribution is 2.33. The molecule has 112 valence electrons. The van der Waals surface area contributed by atoms with Crippen molar-refractivity contribution in [1.82, 2.24) is 4.98 Å². The van der Waals surface area contributed by atoms with Gasteiger partial charge in [0, 0.05) is 16.8 Å². The molecular formula is C17H20ClNO2. The highest BCUT2D eigenvalue weighted by atomic mass is 35.5. The fourth-order valence-corrected chi connectivity index (χ4v) is 2.62. The van der Waals surface area contributed by atoms with E-state index < -0.39 is 0 Å². The summed E-state index contributed by atoms with van der Waals surface area (Å²) in [7, 11) is 0. The van der Waals surface area contributed by atoms with Gasteiger partial charge in [0.15, 0.2) is 0 Å². The van der Waals surface area contributed by atoms with E-state index in [1.165, 1.54) is 0 Å². The van der Waals surface area contributed by atoms with Crippen LogP contribution in [0, 0.1) is 13.8 Å². The lowest BCUT2D eigenvalue weighted by atomic mass is 10.0. The monoisotopic (exact) mass is 305 g/mol. The second kappa shape index (κ2) is 6.46. The van der Waals surface area contributed by atoms with Crippen LogP contribution in [0.25, 0.3) is 0 Å². The van der Waals surface area contributed by atoms with E-state index in [9.17, 15) is 5.11 Å². The third kappa shape index (κ3) is 3.74. The van der Waals surface area contributed by atoms with Crippen molar-refractivity contribution < 1.29 is 9.84 Å². The number of rotatable bonds is 4. The fraction of sp³-hybridized carbons (Fsp3) is 0.353. The molecule has 0 fully saturated rings. The Kier molecular flexibility index (Phi) is 4.86. The molecule has 0 radical (unpaired) electrons. The van der Waals surface area contributed by atoms with Crippen LogP contribution >= 0.6 is 11.6 Å². The first-order chi connectivity index (χ1) is 9.90. The van der Waals surface area contributed by atoms with Gasteiger partial charge in [-0.2, -0.15) is 0 Å². The maximum atomic E-state index is 9.26. The van der Waals surface area contributed by atoms with Crippen LogP contribution in [0.3, 0.4) is 0 Å². The Morgan fingerprint density at radius 3 is 2.52 bits per heavy atom. The van der Waals surface area contributed by atoms with Crippen molar-refractivity contribution in [2.45, 2.75) is 40.2 Å². The Balaban J connectivity index is 2.39. The van der Waals surface area contributed by atoms with Gasteiger partial charge >= 0.3 is 0 Å². The van der Waals surface area contributed by atoms with E-state index in [4.69, 9.17) is 16.3 Å². The van der Waals surface area contributed by atoms with Gasteiger partial charge in [-0.3, -0.25) is 0 Å². The Morgan fingerprint density at radius 1 is 1.19 bits per heavy atom. The fourth-order valence-electron chi connectivity index (χ4n) is 2.18. The number of hydrogen-bond donors (Lipinski definition) is 1. The molecule has 0 bridgehead atoms. The third-order valence-electron chi connectivity index (χ3n) is 3.30. The quantitative estimate of drug-likeness (QED) is 0.885. The van der Waals surface area contributed by atoms with Crippen LogP contribution in [0.1, 0.15) is 42.1 Å². The number of benzene rings is 1. The van der Waals surface area contributed by atoms with Gasteiger partial charge in [-0.25, -0.2) is 4.98 Å². The third-order valence-corrected chi connectivity index (χ3v) is 3.63. The van der Waals surface area contributed by atoms with Crippen LogP contribution in [-0.2, 0) is 6.61 Å². The molecular weight excluding hydrogens is 286 g/mol. The molecule has 3 nitrogen and oxygen atoms in total. The molecule has 4 heteroatoms. The van der Waals surface area contributed by atoms with Crippen molar-refractivity contribution in [2.24, 2.45) is 0 Å². The molecule has 1 N–H and O–H groups in total. The number of nitrogens with zero attached hydrogens (tertiary/aromatic N) is 1. The van der Waals surface area contributed by atoms with Crippen molar-refractivity contribution in [3.05, 3.63) is 51.7 Å². The Morgan fingerprint density at radius 2 is 1.90 bits per heavy atom. The molecule has 0 amide bonds. The number of aliphatic hydroxyl groups excluding tert-OH is 1. The van der Waals surface area contributed by atoms with Crippen LogP contribution in [0.5, 0.6) is 11.6 Å². The number of aliphatic hydroxyl groups is 1. The van der Waals surface area contributed by atoms with E-state index in [1.54, 1.807) is 6.07 Å². The van der Waals surface area contributed by atoms with E-state index in [1.807, 2.05) is 32.0 Å². The van der Waals surface area contributed by atoms with Crippen LogP contribution in [0.2, 0.25) is 5.02 Å². The summed E-state index contributed by atoms with van der Waals surface area (Å²) in [6, 6.07) is 7.46. The van der Waals surface area contributed by atoms with E-state index in [-0.39, 0.29) is 6.61 Å². The average Bonchev–Trinajstić information content (AvgIpc) is 2.40. The van der Waals surface area contributed by atoms with Gasteiger partial charge in [-0.1, -0.05) is 25.4 Å². The molecule has 0 atom stereocenters. The lowest BCUT2D eigenvalue weighted by molar-refractivity contribution is 0.281. The lowest BCUT2D eigenvalue weighted by Crippen LogP contribution is -1.97. The van der Waals surface area contributed by atoms with Crippen molar-refractivity contribution in [3.63, 3.8) is 0 Å². The van der Waals surface area contributed by atoms with Crippen molar-refractivity contribution >= 4 is 11.6 Å². The summed E-state index contributed by atoms with van der Waals surface area (Å²) in [5.74, 6) is 1.54. The van der Waals surface area contributed by atoms with Crippen LogP contribution in [0.15, 0.2) is 24.3 Å². The van der Waals surface area contributed by atoms with Crippen LogP contribution in [-0.4, -0.2) is 10.1 Å². The average molecular weight is 306 g/mol. The number of aryl methyl sites for hydroxylation is 2. The predicted octanol–water partition coefficient (Wildman–Crippen LogP) is 4.76. The molecule has 2 aromatic rings. The zero-order valence-corrected chi connectivity index (χ0v) is 13.5. The maximum absolute atomic E-state index is 9.26. The van der Waals surface area contributed by atoms with Crippen LogP contribution < -0.4 is 4.74 Å². The number of hydrogen-bond acceptors (Lipinski definition) is 3. The van der Waals surface area contributed by atoms with Gasteiger partial charge in [0.25, 0.3) is 0 Å². The molecule has 0 aliphatic heterocycles. The molecule has 0 spiro atoms. The van der Waals surface area contributed by atoms with E-state index in [0.29, 0.717) is 11.8 Å². The SMILES string of the molecule is Cc1cc(CO)cc(Oc2cc(C(C)C)c(Cl)cc2C)n1. The first-order valence-corrected chi connectivity index (χ1v) is 7.34. The summed E-state index contributed by atoms with van der Waals surface area (Å²) < 4.78 is 5.90. The first kappa shape index (κ1) is 15.8. The predicted molar refractivity (Wildman–Crippen MR) is 85.2 cm³/mol. The largest absolute Gasteiger partial charge is 0.439 e. The summed E-state index contributed by atoms with van der Waals surface area (Å²) in [5, 5.41) is 10.0. The molecule has 1 aromatic carbocycles. The summed E-state index contributed by atoms with van der Waals surface area (Å²) in [5.41, 5.74) is 3.60. The second-order valence-electron chi connectivity index (χ2n) is 5.51. The van der Waals surface area contributed by atoms with Gasteiger partial charge in [0.05, 0.1) is 6.61 Å². The Bertz CT molecular complexity index is 653. The van der Waals surface area contributed by atoms with E-state index >= 15 is 0 Å². The van der Waals surface area contributed by atoms with Gasteiger partial charge in [-0.05, 0) is 54.7 Å². The molecule has 0 aliphatic carbocycles. The summed E-state index contributed by atoms with van der Waals surface area (Å²) >= 11 is 6.27. The number of halogens is 1. The minimum Gasteiger partial charge on any atom is -0.439 e. The van der Waals surface area contributed by atoms with E-state index in [2.05, 4.69) is 18.8 Å². The van der Waals surface area contributed by atoms with Crippen LogP contribution in [0.4, 0.5) is 0 Å². The molecule has 0 saturated carbocycles. The topological polar surface area (TPSA) is 42.4 Å². The minimum atomic E-state index is -0.0312. The zero-order valence-electron chi connectivity index (χ0n) is 12.8. The number of ether oxygens (including phenoxy) is 1. The molecule has 1 aromatic heterocycles. The van der Waals surface area contributed by atoms with Gasteiger partial charge in [0.2, 0.25) is 5.88 Å². The molecule has 0 unspecified atom stereocenters. The highest BCUT2D eigenvalue weighted by molar-refractivity contribution is 6.31. The number of pyridine rings is 1. The Hall–Kier alpha value is -1.58. The maximum Gasteiger partial charge on any atom is 0.219 e. The van der Waals surface area contributed by atoms with E-state index in [0.717, 1.165) is 33.2 Å². The molecule has 21 heavy (non-hydrogen) atoms. The van der Waals surface area contributed by atoms with Crippen molar-refractivity contribution in [3.8, 4) is 11.6 Å². The zero-order chi connectivity index (χ0) is 15.6. The molecule has 2 rings (SSSR count). The molecule has 0 aliphatic rings. The molecule has 1 heterocycles. The second-order valence-corrected chi connectivity index (χ2v) is 5.92. The van der Waals surface area contributed by atoms with Gasteiger partial charge in [-0.15, -0.1) is 0 Å². The van der Waals surface area contributed by atoms with Gasteiger partial charge < -0.3 is 9.84 Å². The normalized spacial score (nSPS) is 11.0. The van der Waals surface area contributed by atoms with Crippen molar-refractivity contribution in [1.29, 1.82) is 0 Å².